The lowest BCUT2D eigenvalue weighted by Crippen LogP contribution is -2.36. The highest BCUT2D eigenvalue weighted by atomic mass is 16.5. The fraction of sp³-hybridized carbons (Fsp3) is 0.529. The average molecular weight is 321 g/mol. The van der Waals surface area contributed by atoms with Crippen LogP contribution in [0.25, 0.3) is 0 Å². The number of carbonyl (C=O) groups is 2. The van der Waals surface area contributed by atoms with Crippen molar-refractivity contribution >= 4 is 11.9 Å². The summed E-state index contributed by atoms with van der Waals surface area (Å²) in [5, 5.41) is 9.84. The fourth-order valence-corrected chi connectivity index (χ4v) is 3.11. The summed E-state index contributed by atoms with van der Waals surface area (Å²) in [6.45, 7) is 6.10. The molecule has 0 spiro atoms. The molecule has 6 heteroatoms. The second-order valence-corrected chi connectivity index (χ2v) is 6.01. The van der Waals surface area contributed by atoms with Gasteiger partial charge in [0.05, 0.1) is 13.2 Å². The number of likely N-dealkylation sites (tertiary alicyclic amines) is 1. The fourth-order valence-electron chi connectivity index (χ4n) is 3.11. The first-order valence-electron chi connectivity index (χ1n) is 7.60. The van der Waals surface area contributed by atoms with Gasteiger partial charge in [-0.05, 0) is 30.5 Å². The Morgan fingerprint density at radius 2 is 1.91 bits per heavy atom. The Kier molecular flexibility index (Phi) is 5.38. The molecular formula is C17H23NO5. The van der Waals surface area contributed by atoms with Crippen molar-refractivity contribution in [3.63, 3.8) is 0 Å². The Balaban J connectivity index is 2.19. The number of nitrogens with zero attached hydrogens (tertiary/aromatic N) is 1. The molecule has 0 radical (unpaired) electrons. The third-order valence-electron chi connectivity index (χ3n) is 4.01. The largest absolute Gasteiger partial charge is 0.468 e. The molecule has 1 aromatic rings. The monoisotopic (exact) mass is 321 g/mol. The van der Waals surface area contributed by atoms with Crippen molar-refractivity contribution in [1.29, 1.82) is 0 Å². The first kappa shape index (κ1) is 17.4. The van der Waals surface area contributed by atoms with Crippen molar-refractivity contribution in [3.8, 4) is 5.75 Å². The second kappa shape index (κ2) is 7.10. The number of esters is 2. The number of benzene rings is 1. The minimum atomic E-state index is -0.526. The van der Waals surface area contributed by atoms with Crippen molar-refractivity contribution in [2.45, 2.75) is 45.9 Å². The summed E-state index contributed by atoms with van der Waals surface area (Å²) in [4.78, 5) is 24.9. The molecule has 1 fully saturated rings. The maximum atomic E-state index is 11.8. The zero-order chi connectivity index (χ0) is 17.1. The smallest absolute Gasteiger partial charge is 0.323 e. The summed E-state index contributed by atoms with van der Waals surface area (Å²) in [7, 11) is 1.35. The van der Waals surface area contributed by atoms with Gasteiger partial charge >= 0.3 is 11.9 Å². The number of ether oxygens (including phenoxy) is 2. The normalized spacial score (nSPS) is 21.3. The number of carbonyl (C=O) groups excluding carboxylic acids is 2. The van der Waals surface area contributed by atoms with Crippen molar-refractivity contribution in [1.82, 2.24) is 4.90 Å². The SMILES string of the molecule is COC(=O)[C@@H]1C[C@@H](O)CN1Cc1cc(C)c(OC(C)=O)c(C)c1. The van der Waals surface area contributed by atoms with E-state index in [1.807, 2.05) is 30.9 Å². The van der Waals surface area contributed by atoms with Gasteiger partial charge in [-0.3, -0.25) is 14.5 Å². The molecule has 6 nitrogen and oxygen atoms in total. The van der Waals surface area contributed by atoms with E-state index in [9.17, 15) is 14.7 Å². The van der Waals surface area contributed by atoms with Crippen LogP contribution in [0.5, 0.6) is 5.75 Å². The van der Waals surface area contributed by atoms with Gasteiger partial charge in [0.1, 0.15) is 11.8 Å². The van der Waals surface area contributed by atoms with E-state index in [2.05, 4.69) is 0 Å². The number of β-amino-alcohol motifs (C(OH)–C–C–N with tert-alkyl or cyclic N) is 1. The van der Waals surface area contributed by atoms with Crippen LogP contribution in [0, 0.1) is 13.8 Å². The highest BCUT2D eigenvalue weighted by molar-refractivity contribution is 5.76. The molecule has 0 aromatic heterocycles. The van der Waals surface area contributed by atoms with E-state index in [1.165, 1.54) is 14.0 Å². The van der Waals surface area contributed by atoms with E-state index in [-0.39, 0.29) is 11.9 Å². The van der Waals surface area contributed by atoms with Gasteiger partial charge in [-0.15, -0.1) is 0 Å². The van der Waals surface area contributed by atoms with Crippen LogP contribution >= 0.6 is 0 Å². The van der Waals surface area contributed by atoms with Gasteiger partial charge in [-0.2, -0.15) is 0 Å². The number of hydrogen-bond donors (Lipinski definition) is 1. The van der Waals surface area contributed by atoms with Crippen LogP contribution in [0.2, 0.25) is 0 Å². The minimum Gasteiger partial charge on any atom is -0.468 e. The molecular weight excluding hydrogens is 298 g/mol. The molecule has 1 N–H and O–H groups in total. The summed E-state index contributed by atoms with van der Waals surface area (Å²) in [6, 6.07) is 3.44. The second-order valence-electron chi connectivity index (χ2n) is 6.01. The molecule has 2 rings (SSSR count). The number of hydrogen-bond acceptors (Lipinski definition) is 6. The zero-order valence-corrected chi connectivity index (χ0v) is 14.0. The zero-order valence-electron chi connectivity index (χ0n) is 14.0. The molecule has 2 atom stereocenters. The van der Waals surface area contributed by atoms with Gasteiger partial charge in [-0.25, -0.2) is 0 Å². The van der Waals surface area contributed by atoms with E-state index in [0.29, 0.717) is 25.3 Å². The van der Waals surface area contributed by atoms with E-state index in [4.69, 9.17) is 9.47 Å². The molecule has 0 aliphatic carbocycles. The lowest BCUT2D eigenvalue weighted by molar-refractivity contribution is -0.146. The first-order valence-corrected chi connectivity index (χ1v) is 7.60. The van der Waals surface area contributed by atoms with Gasteiger partial charge in [0.2, 0.25) is 0 Å². The highest BCUT2D eigenvalue weighted by Gasteiger charge is 2.36. The molecule has 0 bridgehead atoms. The molecule has 0 saturated carbocycles. The Morgan fingerprint density at radius 1 is 1.30 bits per heavy atom. The van der Waals surface area contributed by atoms with Gasteiger partial charge in [0, 0.05) is 26.4 Å². The molecule has 23 heavy (non-hydrogen) atoms. The van der Waals surface area contributed by atoms with Gasteiger partial charge in [0.25, 0.3) is 0 Å². The maximum absolute atomic E-state index is 11.8. The third kappa shape index (κ3) is 4.09. The van der Waals surface area contributed by atoms with Crippen LogP contribution < -0.4 is 4.74 Å². The molecule has 126 valence electrons. The predicted octanol–water partition coefficient (Wildman–Crippen LogP) is 1.34. The quantitative estimate of drug-likeness (QED) is 0.666. The number of aryl methyl sites for hydroxylation is 2. The van der Waals surface area contributed by atoms with Gasteiger partial charge in [0.15, 0.2) is 0 Å². The summed E-state index contributed by atoms with van der Waals surface area (Å²) >= 11 is 0. The Bertz CT molecular complexity index is 590. The van der Waals surface area contributed by atoms with E-state index >= 15 is 0 Å². The number of aliphatic hydroxyl groups excluding tert-OH is 1. The van der Waals surface area contributed by atoms with E-state index in [1.54, 1.807) is 0 Å². The van der Waals surface area contributed by atoms with Crippen molar-refractivity contribution < 1.29 is 24.2 Å². The molecule has 1 aliphatic rings. The summed E-state index contributed by atoms with van der Waals surface area (Å²) in [5.41, 5.74) is 2.73. The van der Waals surface area contributed by atoms with E-state index < -0.39 is 12.1 Å². The highest BCUT2D eigenvalue weighted by Crippen LogP contribution is 2.28. The lowest BCUT2D eigenvalue weighted by atomic mass is 10.0. The average Bonchev–Trinajstić information content (AvgIpc) is 2.82. The van der Waals surface area contributed by atoms with Crippen molar-refractivity contribution in [3.05, 3.63) is 28.8 Å². The minimum absolute atomic E-state index is 0.327. The molecule has 0 amide bonds. The standard InChI is InChI=1S/C17H23NO5/c1-10-5-13(6-11(2)16(10)23-12(3)19)8-18-9-14(20)7-15(18)17(21)22-4/h5-6,14-15,20H,7-9H2,1-4H3/t14-,15+/m1/s1. The molecule has 1 saturated heterocycles. The predicted molar refractivity (Wildman–Crippen MR) is 84.1 cm³/mol. The molecule has 0 unspecified atom stereocenters. The Labute approximate surface area is 136 Å². The number of rotatable bonds is 4. The molecule has 1 aliphatic heterocycles. The van der Waals surface area contributed by atoms with Crippen LogP contribution in [0.15, 0.2) is 12.1 Å². The summed E-state index contributed by atoms with van der Waals surface area (Å²) in [6.07, 6.45) is -0.141. The van der Waals surface area contributed by atoms with Crippen LogP contribution in [-0.2, 0) is 20.9 Å². The first-order chi connectivity index (χ1) is 10.8. The van der Waals surface area contributed by atoms with Crippen LogP contribution in [0.1, 0.15) is 30.0 Å². The summed E-state index contributed by atoms with van der Waals surface area (Å²) < 4.78 is 10.0. The third-order valence-corrected chi connectivity index (χ3v) is 4.01. The van der Waals surface area contributed by atoms with Gasteiger partial charge < -0.3 is 14.6 Å². The molecule has 1 aromatic carbocycles. The number of methoxy groups -OCH3 is 1. The van der Waals surface area contributed by atoms with E-state index in [0.717, 1.165) is 16.7 Å². The van der Waals surface area contributed by atoms with Crippen molar-refractivity contribution in [2.75, 3.05) is 13.7 Å². The Morgan fingerprint density at radius 3 is 2.43 bits per heavy atom. The van der Waals surface area contributed by atoms with Crippen LogP contribution in [0.3, 0.4) is 0 Å². The summed E-state index contributed by atoms with van der Waals surface area (Å²) in [5.74, 6) is -0.101. The Hall–Kier alpha value is -1.92. The number of aliphatic hydroxyl groups is 1. The van der Waals surface area contributed by atoms with Gasteiger partial charge in [-0.1, -0.05) is 12.1 Å². The van der Waals surface area contributed by atoms with Crippen LogP contribution in [-0.4, -0.2) is 47.7 Å². The van der Waals surface area contributed by atoms with Crippen molar-refractivity contribution in [2.24, 2.45) is 0 Å². The maximum Gasteiger partial charge on any atom is 0.323 e. The topological polar surface area (TPSA) is 76.1 Å². The molecule has 1 heterocycles. The lowest BCUT2D eigenvalue weighted by Gasteiger charge is -2.23. The van der Waals surface area contributed by atoms with Crippen LogP contribution in [0.4, 0.5) is 0 Å².